The van der Waals surface area contributed by atoms with Crippen LogP contribution in [0.2, 0.25) is 0 Å². The minimum atomic E-state index is -0.395. The Kier molecular flexibility index (Phi) is 4.57. The number of aromatic amines is 1. The topological polar surface area (TPSA) is 73.3 Å². The number of hydrogen-bond acceptors (Lipinski definition) is 4. The van der Waals surface area contributed by atoms with Crippen molar-refractivity contribution in [1.82, 2.24) is 9.55 Å². The van der Waals surface area contributed by atoms with Crippen molar-refractivity contribution >= 4 is 17.0 Å². The number of H-pyrrole nitrogens is 1. The summed E-state index contributed by atoms with van der Waals surface area (Å²) in [5, 5.41) is 0. The highest BCUT2D eigenvalue weighted by atomic mass is 16.5. The lowest BCUT2D eigenvalue weighted by Crippen LogP contribution is -2.11. The zero-order valence-corrected chi connectivity index (χ0v) is 11.6. The van der Waals surface area contributed by atoms with E-state index in [4.69, 9.17) is 9.47 Å². The van der Waals surface area contributed by atoms with E-state index in [1.165, 1.54) is 4.57 Å². The second-order valence-electron chi connectivity index (χ2n) is 4.41. The molecule has 1 heterocycles. The van der Waals surface area contributed by atoms with E-state index in [0.29, 0.717) is 37.3 Å². The number of benzene rings is 1. The average molecular weight is 278 g/mol. The molecule has 1 N–H and O–H groups in total. The fourth-order valence-corrected chi connectivity index (χ4v) is 1.92. The first kappa shape index (κ1) is 14.3. The van der Waals surface area contributed by atoms with Crippen LogP contribution in [-0.4, -0.2) is 35.3 Å². The maximum atomic E-state index is 11.9. The molecule has 6 heteroatoms. The van der Waals surface area contributed by atoms with Gasteiger partial charge in [0.1, 0.15) is 0 Å². The van der Waals surface area contributed by atoms with Gasteiger partial charge in [0.15, 0.2) is 0 Å². The van der Waals surface area contributed by atoms with Crippen LogP contribution in [0.25, 0.3) is 11.0 Å². The summed E-state index contributed by atoms with van der Waals surface area (Å²) in [5.41, 5.74) is 1.60. The van der Waals surface area contributed by atoms with Gasteiger partial charge >= 0.3 is 11.7 Å². The highest BCUT2D eigenvalue weighted by molar-refractivity contribution is 5.93. The Balaban J connectivity index is 2.01. The first-order valence-corrected chi connectivity index (χ1v) is 6.57. The molecule has 2 aromatic rings. The summed E-state index contributed by atoms with van der Waals surface area (Å²) in [6.07, 6.45) is 0.671. The normalized spacial score (nSPS) is 10.9. The standard InChI is InChI=1S/C14H18N2O4/c1-3-19-7-4-8-20-13(17)10-5-6-12-11(9-10)15-14(18)16(12)2/h5-6,9H,3-4,7-8H2,1-2H3,(H,15,18). The highest BCUT2D eigenvalue weighted by Crippen LogP contribution is 2.13. The second kappa shape index (κ2) is 6.38. The van der Waals surface area contributed by atoms with E-state index in [0.717, 1.165) is 5.52 Å². The van der Waals surface area contributed by atoms with Crippen LogP contribution in [0, 0.1) is 0 Å². The number of nitrogens with zero attached hydrogens (tertiary/aromatic N) is 1. The van der Waals surface area contributed by atoms with E-state index in [1.807, 2.05) is 6.92 Å². The van der Waals surface area contributed by atoms with Crippen LogP contribution < -0.4 is 5.69 Å². The monoisotopic (exact) mass is 278 g/mol. The molecule has 1 aromatic carbocycles. The van der Waals surface area contributed by atoms with Gasteiger partial charge < -0.3 is 14.5 Å². The van der Waals surface area contributed by atoms with Gasteiger partial charge in [-0.3, -0.25) is 4.57 Å². The van der Waals surface area contributed by atoms with Crippen molar-refractivity contribution in [1.29, 1.82) is 0 Å². The number of hydrogen-bond donors (Lipinski definition) is 1. The van der Waals surface area contributed by atoms with Gasteiger partial charge in [0.05, 0.1) is 23.2 Å². The number of esters is 1. The van der Waals surface area contributed by atoms with Gasteiger partial charge in [-0.15, -0.1) is 0 Å². The second-order valence-corrected chi connectivity index (χ2v) is 4.41. The number of aryl methyl sites for hydroxylation is 1. The van der Waals surface area contributed by atoms with E-state index < -0.39 is 5.97 Å². The molecule has 6 nitrogen and oxygen atoms in total. The molecule has 108 valence electrons. The van der Waals surface area contributed by atoms with Crippen molar-refractivity contribution < 1.29 is 14.3 Å². The van der Waals surface area contributed by atoms with E-state index >= 15 is 0 Å². The zero-order chi connectivity index (χ0) is 14.5. The Bertz CT molecular complexity index is 657. The molecular weight excluding hydrogens is 260 g/mol. The molecule has 0 saturated carbocycles. The number of ether oxygens (including phenoxy) is 2. The molecule has 0 atom stereocenters. The van der Waals surface area contributed by atoms with Gasteiger partial charge in [0.25, 0.3) is 0 Å². The van der Waals surface area contributed by atoms with Gasteiger partial charge in [-0.05, 0) is 25.1 Å². The maximum Gasteiger partial charge on any atom is 0.338 e. The van der Waals surface area contributed by atoms with Crippen LogP contribution in [0.4, 0.5) is 0 Å². The summed E-state index contributed by atoms with van der Waals surface area (Å²) < 4.78 is 11.8. The lowest BCUT2D eigenvalue weighted by atomic mass is 10.2. The fourth-order valence-electron chi connectivity index (χ4n) is 1.92. The number of carbonyl (C=O) groups excluding carboxylic acids is 1. The van der Waals surface area contributed by atoms with E-state index in [-0.39, 0.29) is 5.69 Å². The molecule has 0 bridgehead atoms. The quantitative estimate of drug-likeness (QED) is 0.641. The fraction of sp³-hybridized carbons (Fsp3) is 0.429. The number of rotatable bonds is 6. The van der Waals surface area contributed by atoms with Gasteiger partial charge in [-0.1, -0.05) is 0 Å². The molecule has 0 amide bonds. The molecule has 0 spiro atoms. The summed E-state index contributed by atoms with van der Waals surface area (Å²) in [4.78, 5) is 26.0. The summed E-state index contributed by atoms with van der Waals surface area (Å²) in [6.45, 7) is 3.48. The Hall–Kier alpha value is -2.08. The van der Waals surface area contributed by atoms with Crippen molar-refractivity contribution in [2.75, 3.05) is 19.8 Å². The van der Waals surface area contributed by atoms with E-state index in [9.17, 15) is 9.59 Å². The average Bonchev–Trinajstić information content (AvgIpc) is 2.73. The van der Waals surface area contributed by atoms with Gasteiger partial charge in [0.2, 0.25) is 0 Å². The molecule has 0 saturated heterocycles. The molecule has 1 aromatic heterocycles. The summed E-state index contributed by atoms with van der Waals surface area (Å²) >= 11 is 0. The lowest BCUT2D eigenvalue weighted by molar-refractivity contribution is 0.0452. The minimum absolute atomic E-state index is 0.206. The van der Waals surface area contributed by atoms with Crippen LogP contribution >= 0.6 is 0 Å². The van der Waals surface area contributed by atoms with Crippen LogP contribution in [0.1, 0.15) is 23.7 Å². The number of aromatic nitrogens is 2. The van der Waals surface area contributed by atoms with Gasteiger partial charge in [0, 0.05) is 26.7 Å². The molecule has 0 fully saturated rings. The summed E-state index contributed by atoms with van der Waals surface area (Å²) in [7, 11) is 1.67. The summed E-state index contributed by atoms with van der Waals surface area (Å²) in [5.74, 6) is -0.395. The number of fused-ring (bicyclic) bond motifs is 1. The molecule has 20 heavy (non-hydrogen) atoms. The molecule has 0 aliphatic rings. The third-order valence-corrected chi connectivity index (χ3v) is 3.01. The molecule has 0 radical (unpaired) electrons. The Morgan fingerprint density at radius 2 is 2.15 bits per heavy atom. The third-order valence-electron chi connectivity index (χ3n) is 3.01. The lowest BCUT2D eigenvalue weighted by Gasteiger charge is -2.05. The number of nitrogens with one attached hydrogen (secondary N) is 1. The zero-order valence-electron chi connectivity index (χ0n) is 11.6. The first-order valence-electron chi connectivity index (χ1n) is 6.57. The number of imidazole rings is 1. The van der Waals surface area contributed by atoms with E-state index in [1.54, 1.807) is 25.2 Å². The molecule has 2 rings (SSSR count). The highest BCUT2D eigenvalue weighted by Gasteiger charge is 2.10. The van der Waals surface area contributed by atoms with Gasteiger partial charge in [-0.2, -0.15) is 0 Å². The van der Waals surface area contributed by atoms with Crippen molar-refractivity contribution in [2.45, 2.75) is 13.3 Å². The van der Waals surface area contributed by atoms with Crippen LogP contribution in [0.3, 0.4) is 0 Å². The van der Waals surface area contributed by atoms with Crippen LogP contribution in [0.5, 0.6) is 0 Å². The molecule has 0 unspecified atom stereocenters. The first-order chi connectivity index (χ1) is 9.63. The SMILES string of the molecule is CCOCCCOC(=O)c1ccc2c(c1)[nH]c(=O)n2C. The van der Waals surface area contributed by atoms with Crippen LogP contribution in [0.15, 0.2) is 23.0 Å². The van der Waals surface area contributed by atoms with E-state index in [2.05, 4.69) is 4.98 Å². The smallest absolute Gasteiger partial charge is 0.338 e. The van der Waals surface area contributed by atoms with Crippen molar-refractivity contribution in [3.8, 4) is 0 Å². The Labute approximate surface area is 116 Å². The molecular formula is C14H18N2O4. The van der Waals surface area contributed by atoms with Crippen molar-refractivity contribution in [3.63, 3.8) is 0 Å². The van der Waals surface area contributed by atoms with Gasteiger partial charge in [-0.25, -0.2) is 9.59 Å². The van der Waals surface area contributed by atoms with Crippen molar-refractivity contribution in [3.05, 3.63) is 34.2 Å². The maximum absolute atomic E-state index is 11.9. The molecule has 0 aliphatic carbocycles. The Morgan fingerprint density at radius 3 is 2.90 bits per heavy atom. The predicted octanol–water partition coefficient (Wildman–Crippen LogP) is 1.45. The Morgan fingerprint density at radius 1 is 1.35 bits per heavy atom. The van der Waals surface area contributed by atoms with Crippen LogP contribution in [-0.2, 0) is 16.5 Å². The minimum Gasteiger partial charge on any atom is -0.462 e. The summed E-state index contributed by atoms with van der Waals surface area (Å²) in [6, 6.07) is 5.01. The van der Waals surface area contributed by atoms with Crippen molar-refractivity contribution in [2.24, 2.45) is 7.05 Å². The predicted molar refractivity (Wildman–Crippen MR) is 74.9 cm³/mol. The number of carbonyl (C=O) groups is 1. The third kappa shape index (κ3) is 3.08. The molecule has 0 aliphatic heterocycles. The largest absolute Gasteiger partial charge is 0.462 e.